The third kappa shape index (κ3) is 7.42. The van der Waals surface area contributed by atoms with Gasteiger partial charge in [0.1, 0.15) is 27.6 Å². The molecule has 7 nitrogen and oxygen atoms in total. The molecule has 0 aliphatic carbocycles. The van der Waals surface area contributed by atoms with E-state index in [0.29, 0.717) is 17.0 Å². The van der Waals surface area contributed by atoms with Crippen LogP contribution in [-0.4, -0.2) is 39.5 Å². The van der Waals surface area contributed by atoms with Crippen LogP contribution >= 0.6 is 11.3 Å². The second-order valence-corrected chi connectivity index (χ2v) is 10.2. The molecule has 3 N–H and O–H groups in total. The molecule has 3 rings (SSSR count). The number of hydrogen-bond donors (Lipinski definition) is 3. The van der Waals surface area contributed by atoms with Crippen LogP contribution in [0, 0.1) is 17.6 Å². The highest BCUT2D eigenvalue weighted by Crippen LogP contribution is 2.25. The number of aromatic nitrogens is 1. The van der Waals surface area contributed by atoms with Crippen LogP contribution in [0.2, 0.25) is 0 Å². The van der Waals surface area contributed by atoms with Crippen LogP contribution in [0.1, 0.15) is 42.4 Å². The maximum Gasteiger partial charge on any atom is 0.306 e. The molecule has 0 fully saturated rings. The molecule has 0 bridgehead atoms. The van der Waals surface area contributed by atoms with Crippen molar-refractivity contribution < 1.29 is 28.3 Å². The van der Waals surface area contributed by atoms with Gasteiger partial charge in [-0.25, -0.2) is 13.8 Å². The Labute approximate surface area is 211 Å². The van der Waals surface area contributed by atoms with Crippen LogP contribution in [0.4, 0.5) is 8.78 Å². The van der Waals surface area contributed by atoms with E-state index in [2.05, 4.69) is 15.6 Å². The molecule has 2 amide bonds. The molecule has 1 aromatic heterocycles. The summed E-state index contributed by atoms with van der Waals surface area (Å²) in [7, 11) is 0. The zero-order valence-corrected chi connectivity index (χ0v) is 20.9. The van der Waals surface area contributed by atoms with Crippen molar-refractivity contribution in [3.05, 3.63) is 76.8 Å². The van der Waals surface area contributed by atoms with Crippen molar-refractivity contribution in [1.29, 1.82) is 0 Å². The minimum absolute atomic E-state index is 0.122. The van der Waals surface area contributed by atoms with E-state index in [1.165, 1.54) is 37.4 Å². The van der Waals surface area contributed by atoms with Crippen LogP contribution in [-0.2, 0) is 16.0 Å². The number of amides is 2. The molecular formula is C26H27F2N3O4S. The molecule has 2 atom stereocenters. The monoisotopic (exact) mass is 515 g/mol. The van der Waals surface area contributed by atoms with Gasteiger partial charge in [0.25, 0.3) is 5.91 Å². The Bertz CT molecular complexity index is 1230. The third-order valence-corrected chi connectivity index (χ3v) is 6.52. The summed E-state index contributed by atoms with van der Waals surface area (Å²) in [5.74, 6) is -3.85. The normalized spacial score (nSPS) is 13.0. The number of rotatable bonds is 10. The first-order chi connectivity index (χ1) is 16.9. The van der Waals surface area contributed by atoms with Gasteiger partial charge in [-0.2, -0.15) is 0 Å². The number of aliphatic carboxylic acids is 1. The number of benzene rings is 2. The Morgan fingerprint density at radius 2 is 1.61 bits per heavy atom. The number of carboxylic acids is 1. The van der Waals surface area contributed by atoms with E-state index in [9.17, 15) is 28.3 Å². The number of thiazole rings is 1. The number of carboxylic acid groups (broad SMARTS) is 1. The first-order valence-electron chi connectivity index (χ1n) is 11.3. The van der Waals surface area contributed by atoms with Gasteiger partial charge in [0, 0.05) is 11.1 Å². The van der Waals surface area contributed by atoms with Crippen molar-refractivity contribution in [2.24, 2.45) is 5.92 Å². The predicted molar refractivity (Wildman–Crippen MR) is 133 cm³/mol. The summed E-state index contributed by atoms with van der Waals surface area (Å²) >= 11 is 1.07. The maximum absolute atomic E-state index is 13.2. The van der Waals surface area contributed by atoms with E-state index in [1.807, 2.05) is 0 Å². The standard InChI is InChI=1S/C26H27F2N3O4S/c1-15(25(34)35)12-20(22(32)31-26(2,3)13-16-4-8-18(27)9-5-16)30-23(33)21-14-29-24(36-21)17-6-10-19(28)11-7-17/h4-11,14-15,20H,12-13H2,1-3H3,(H,30,33)(H,31,32)(H,34,35)/t15-,20-/m0/s1. The smallest absolute Gasteiger partial charge is 0.306 e. The van der Waals surface area contributed by atoms with Gasteiger partial charge < -0.3 is 15.7 Å². The summed E-state index contributed by atoms with van der Waals surface area (Å²) in [5, 5.41) is 15.4. The minimum Gasteiger partial charge on any atom is -0.481 e. The van der Waals surface area contributed by atoms with E-state index < -0.39 is 41.1 Å². The number of carbonyl (C=O) groups is 3. The third-order valence-electron chi connectivity index (χ3n) is 5.47. The summed E-state index contributed by atoms with van der Waals surface area (Å²) in [6, 6.07) is 10.5. The van der Waals surface area contributed by atoms with Crippen LogP contribution in [0.25, 0.3) is 10.6 Å². The Balaban J connectivity index is 1.73. The maximum atomic E-state index is 13.2. The highest BCUT2D eigenvalue weighted by molar-refractivity contribution is 7.16. The van der Waals surface area contributed by atoms with E-state index in [1.54, 1.807) is 38.1 Å². The summed E-state index contributed by atoms with van der Waals surface area (Å²) < 4.78 is 26.4. The van der Waals surface area contributed by atoms with Crippen LogP contribution in [0.15, 0.2) is 54.7 Å². The van der Waals surface area contributed by atoms with Crippen LogP contribution in [0.5, 0.6) is 0 Å². The summed E-state index contributed by atoms with van der Waals surface area (Å²) in [5.41, 5.74) is 0.681. The molecule has 2 aromatic carbocycles. The average Bonchev–Trinajstić information content (AvgIpc) is 3.30. The second kappa shape index (κ2) is 11.4. The SMILES string of the molecule is C[C@@H](C[C@H](NC(=O)c1cnc(-c2ccc(F)cc2)s1)C(=O)NC(C)(C)Cc1ccc(F)cc1)C(=O)O. The number of nitrogens with one attached hydrogen (secondary N) is 2. The molecule has 0 saturated carbocycles. The molecule has 0 radical (unpaired) electrons. The van der Waals surface area contributed by atoms with E-state index in [0.717, 1.165) is 16.9 Å². The number of carbonyl (C=O) groups excluding carboxylic acids is 2. The van der Waals surface area contributed by atoms with Crippen molar-refractivity contribution in [1.82, 2.24) is 15.6 Å². The summed E-state index contributed by atoms with van der Waals surface area (Å²) in [6.07, 6.45) is 1.62. The number of halogens is 2. The van der Waals surface area contributed by atoms with Gasteiger partial charge in [0.15, 0.2) is 0 Å². The summed E-state index contributed by atoms with van der Waals surface area (Å²) in [6.45, 7) is 5.02. The van der Waals surface area contributed by atoms with Gasteiger partial charge >= 0.3 is 5.97 Å². The number of hydrogen-bond acceptors (Lipinski definition) is 5. The Morgan fingerprint density at radius 1 is 1.03 bits per heavy atom. The molecule has 3 aromatic rings. The quantitative estimate of drug-likeness (QED) is 0.370. The molecular weight excluding hydrogens is 488 g/mol. The zero-order valence-electron chi connectivity index (χ0n) is 20.0. The van der Waals surface area contributed by atoms with Crippen molar-refractivity contribution in [3.8, 4) is 10.6 Å². The largest absolute Gasteiger partial charge is 0.481 e. The van der Waals surface area contributed by atoms with E-state index >= 15 is 0 Å². The fourth-order valence-corrected chi connectivity index (χ4v) is 4.42. The molecule has 0 unspecified atom stereocenters. The lowest BCUT2D eigenvalue weighted by atomic mass is 9.93. The van der Waals surface area contributed by atoms with Crippen molar-refractivity contribution in [2.45, 2.75) is 45.2 Å². The highest BCUT2D eigenvalue weighted by atomic mass is 32.1. The lowest BCUT2D eigenvalue weighted by Gasteiger charge is -2.30. The first-order valence-corrected chi connectivity index (χ1v) is 12.1. The van der Waals surface area contributed by atoms with E-state index in [4.69, 9.17) is 0 Å². The fourth-order valence-electron chi connectivity index (χ4n) is 3.60. The van der Waals surface area contributed by atoms with Gasteiger partial charge in [-0.1, -0.05) is 19.1 Å². The molecule has 1 heterocycles. The zero-order chi connectivity index (χ0) is 26.5. The van der Waals surface area contributed by atoms with Gasteiger partial charge in [-0.3, -0.25) is 14.4 Å². The van der Waals surface area contributed by atoms with Crippen LogP contribution < -0.4 is 10.6 Å². The molecule has 36 heavy (non-hydrogen) atoms. The Morgan fingerprint density at radius 3 is 2.19 bits per heavy atom. The summed E-state index contributed by atoms with van der Waals surface area (Å²) in [4.78, 5) is 42.0. The minimum atomic E-state index is -1.12. The van der Waals surface area contributed by atoms with Gasteiger partial charge in [0.05, 0.1) is 12.1 Å². The van der Waals surface area contributed by atoms with Crippen molar-refractivity contribution in [2.75, 3.05) is 0 Å². The highest BCUT2D eigenvalue weighted by Gasteiger charge is 2.31. The number of nitrogens with zero attached hydrogens (tertiary/aromatic N) is 1. The lowest BCUT2D eigenvalue weighted by Crippen LogP contribution is -2.54. The van der Waals surface area contributed by atoms with Crippen molar-refractivity contribution in [3.63, 3.8) is 0 Å². The average molecular weight is 516 g/mol. The molecule has 190 valence electrons. The molecule has 0 aliphatic heterocycles. The van der Waals surface area contributed by atoms with E-state index in [-0.39, 0.29) is 17.1 Å². The Hall–Kier alpha value is -3.66. The second-order valence-electron chi connectivity index (χ2n) is 9.21. The molecule has 10 heteroatoms. The van der Waals surface area contributed by atoms with Gasteiger partial charge in [-0.05, 0) is 68.7 Å². The molecule has 0 spiro atoms. The van der Waals surface area contributed by atoms with Crippen LogP contribution in [0.3, 0.4) is 0 Å². The fraction of sp³-hybridized carbons (Fsp3) is 0.308. The molecule has 0 aliphatic rings. The Kier molecular flexibility index (Phi) is 8.52. The lowest BCUT2D eigenvalue weighted by molar-refractivity contribution is -0.141. The first kappa shape index (κ1) is 26.9. The van der Waals surface area contributed by atoms with Crippen molar-refractivity contribution >= 4 is 29.1 Å². The van der Waals surface area contributed by atoms with Gasteiger partial charge in [0.2, 0.25) is 5.91 Å². The topological polar surface area (TPSA) is 108 Å². The molecule has 0 saturated heterocycles. The van der Waals surface area contributed by atoms with Gasteiger partial charge in [-0.15, -0.1) is 11.3 Å². The predicted octanol–water partition coefficient (Wildman–Crippen LogP) is 4.44.